The molecule has 0 saturated heterocycles. The summed E-state index contributed by atoms with van der Waals surface area (Å²) in [6, 6.07) is 0. The van der Waals surface area contributed by atoms with Crippen molar-refractivity contribution in [2.75, 3.05) is 0 Å². The fourth-order valence-electron chi connectivity index (χ4n) is 3.22. The van der Waals surface area contributed by atoms with Crippen LogP contribution >= 0.6 is 0 Å². The third-order valence-corrected chi connectivity index (χ3v) is 4.45. The van der Waals surface area contributed by atoms with Gasteiger partial charge in [-0.2, -0.15) is 0 Å². The maximum atomic E-state index is 2.49. The van der Waals surface area contributed by atoms with Crippen LogP contribution in [0.3, 0.4) is 0 Å². The summed E-state index contributed by atoms with van der Waals surface area (Å²) in [5, 5.41) is 0. The van der Waals surface area contributed by atoms with E-state index in [0.717, 1.165) is 23.2 Å². The van der Waals surface area contributed by atoms with E-state index in [1.54, 1.807) is 0 Å². The molecule has 2 aliphatic carbocycles. The first-order valence-corrected chi connectivity index (χ1v) is 4.63. The molecule has 0 aromatic rings. The third kappa shape index (κ3) is 0.627. The molecule has 2 unspecified atom stereocenters. The van der Waals surface area contributed by atoms with E-state index in [-0.39, 0.29) is 0 Å². The molecule has 0 aromatic heterocycles. The largest absolute Gasteiger partial charge is 0.0620 e. The summed E-state index contributed by atoms with van der Waals surface area (Å²) in [5.41, 5.74) is 0.740. The highest BCUT2D eigenvalue weighted by molar-refractivity contribution is 5.00. The second kappa shape index (κ2) is 1.78. The lowest BCUT2D eigenvalue weighted by atomic mass is 9.73. The fraction of sp³-hybridized carbons (Fsp3) is 1.00. The van der Waals surface area contributed by atoms with Gasteiger partial charge in [-0.3, -0.25) is 0 Å². The predicted molar refractivity (Wildman–Crippen MR) is 43.8 cm³/mol. The molecule has 0 aliphatic heterocycles. The van der Waals surface area contributed by atoms with E-state index in [1.807, 2.05) is 0 Å². The standard InChI is InChI=1S/C10H18/c1-7-8(2)10(3)5-4-9(7)6-10/h7-9H,4-6H2,1-3H3/t7?,8?,9-,10+/m0/s1. The van der Waals surface area contributed by atoms with Gasteiger partial charge in [0.2, 0.25) is 0 Å². The van der Waals surface area contributed by atoms with Crippen LogP contribution in [-0.4, -0.2) is 0 Å². The average Bonchev–Trinajstić information content (AvgIpc) is 2.35. The lowest BCUT2D eigenvalue weighted by molar-refractivity contribution is 0.175. The Morgan fingerprint density at radius 2 is 2.00 bits per heavy atom. The van der Waals surface area contributed by atoms with Gasteiger partial charge in [-0.25, -0.2) is 0 Å². The molecule has 10 heavy (non-hydrogen) atoms. The summed E-state index contributed by atoms with van der Waals surface area (Å²) >= 11 is 0. The van der Waals surface area contributed by atoms with Crippen LogP contribution in [0.15, 0.2) is 0 Å². The molecule has 2 saturated carbocycles. The van der Waals surface area contributed by atoms with E-state index in [2.05, 4.69) is 20.8 Å². The molecule has 0 heterocycles. The van der Waals surface area contributed by atoms with Gasteiger partial charge in [0.25, 0.3) is 0 Å². The van der Waals surface area contributed by atoms with Crippen molar-refractivity contribution in [3.63, 3.8) is 0 Å². The minimum atomic E-state index is 0.740. The van der Waals surface area contributed by atoms with E-state index < -0.39 is 0 Å². The van der Waals surface area contributed by atoms with Crippen molar-refractivity contribution >= 4 is 0 Å². The smallest absolute Gasteiger partial charge is 0.0295 e. The number of fused-ring (bicyclic) bond motifs is 2. The van der Waals surface area contributed by atoms with Crippen LogP contribution in [0.2, 0.25) is 0 Å². The van der Waals surface area contributed by atoms with Crippen molar-refractivity contribution < 1.29 is 0 Å². The van der Waals surface area contributed by atoms with Crippen molar-refractivity contribution in [1.82, 2.24) is 0 Å². The Balaban J connectivity index is 2.25. The maximum Gasteiger partial charge on any atom is -0.0295 e. The quantitative estimate of drug-likeness (QED) is 0.482. The summed E-state index contributed by atoms with van der Waals surface area (Å²) in [5.74, 6) is 3.09. The molecule has 0 spiro atoms. The van der Waals surface area contributed by atoms with Gasteiger partial charge in [0.15, 0.2) is 0 Å². The van der Waals surface area contributed by atoms with Crippen molar-refractivity contribution in [2.45, 2.75) is 40.0 Å². The SMILES string of the molecule is CC1C(C)[C@]2(C)CC[C@H]1C2. The lowest BCUT2D eigenvalue weighted by Crippen LogP contribution is -2.24. The fourth-order valence-corrected chi connectivity index (χ4v) is 3.22. The van der Waals surface area contributed by atoms with Crippen molar-refractivity contribution in [3.05, 3.63) is 0 Å². The highest BCUT2D eigenvalue weighted by Crippen LogP contribution is 2.59. The highest BCUT2D eigenvalue weighted by atomic mass is 14.6. The van der Waals surface area contributed by atoms with Gasteiger partial charge in [-0.05, 0) is 42.4 Å². The van der Waals surface area contributed by atoms with Crippen LogP contribution in [0.5, 0.6) is 0 Å². The van der Waals surface area contributed by atoms with Crippen LogP contribution in [0.1, 0.15) is 40.0 Å². The molecule has 0 amide bonds. The Hall–Kier alpha value is 0. The van der Waals surface area contributed by atoms with Gasteiger partial charge in [0, 0.05) is 0 Å². The van der Waals surface area contributed by atoms with Crippen molar-refractivity contribution in [1.29, 1.82) is 0 Å². The van der Waals surface area contributed by atoms with Crippen LogP contribution in [0, 0.1) is 23.2 Å². The Morgan fingerprint density at radius 3 is 2.30 bits per heavy atom. The molecular formula is C10H18. The summed E-state index contributed by atoms with van der Waals surface area (Å²) < 4.78 is 0. The summed E-state index contributed by atoms with van der Waals surface area (Å²) in [7, 11) is 0. The number of hydrogen-bond donors (Lipinski definition) is 0. The molecule has 2 fully saturated rings. The van der Waals surface area contributed by atoms with Gasteiger partial charge in [-0.1, -0.05) is 20.8 Å². The Labute approximate surface area is 64.0 Å². The molecular weight excluding hydrogens is 120 g/mol. The molecule has 2 bridgehead atoms. The van der Waals surface area contributed by atoms with Gasteiger partial charge in [0.1, 0.15) is 0 Å². The van der Waals surface area contributed by atoms with Crippen LogP contribution in [0.25, 0.3) is 0 Å². The molecule has 0 radical (unpaired) electrons. The Morgan fingerprint density at radius 1 is 1.30 bits per heavy atom. The van der Waals surface area contributed by atoms with Crippen molar-refractivity contribution in [3.8, 4) is 0 Å². The zero-order chi connectivity index (χ0) is 7.35. The molecule has 0 nitrogen and oxygen atoms in total. The van der Waals surface area contributed by atoms with E-state index >= 15 is 0 Å². The van der Waals surface area contributed by atoms with Crippen LogP contribution in [-0.2, 0) is 0 Å². The van der Waals surface area contributed by atoms with Gasteiger partial charge in [0.05, 0.1) is 0 Å². The molecule has 2 aliphatic rings. The van der Waals surface area contributed by atoms with Gasteiger partial charge >= 0.3 is 0 Å². The van der Waals surface area contributed by atoms with Crippen LogP contribution < -0.4 is 0 Å². The summed E-state index contributed by atoms with van der Waals surface area (Å²) in [6.07, 6.45) is 4.54. The van der Waals surface area contributed by atoms with Gasteiger partial charge < -0.3 is 0 Å². The van der Waals surface area contributed by atoms with E-state index in [4.69, 9.17) is 0 Å². The number of rotatable bonds is 0. The predicted octanol–water partition coefficient (Wildman–Crippen LogP) is 3.08. The second-order valence-electron chi connectivity index (χ2n) is 4.80. The Kier molecular flexibility index (Phi) is 1.19. The number of hydrogen-bond acceptors (Lipinski definition) is 0. The third-order valence-electron chi connectivity index (χ3n) is 4.45. The average molecular weight is 138 g/mol. The first-order chi connectivity index (χ1) is 4.63. The normalized spacial score (nSPS) is 59.7. The Bertz CT molecular complexity index is 150. The molecule has 58 valence electrons. The zero-order valence-corrected chi connectivity index (χ0v) is 7.35. The van der Waals surface area contributed by atoms with Gasteiger partial charge in [-0.15, -0.1) is 0 Å². The van der Waals surface area contributed by atoms with Crippen molar-refractivity contribution in [2.24, 2.45) is 23.2 Å². The lowest BCUT2D eigenvalue weighted by Gasteiger charge is -2.32. The van der Waals surface area contributed by atoms with E-state index in [9.17, 15) is 0 Å². The molecule has 0 heteroatoms. The first kappa shape index (κ1) is 6.69. The molecule has 0 N–H and O–H groups in total. The first-order valence-electron chi connectivity index (χ1n) is 4.63. The molecule has 2 rings (SSSR count). The second-order valence-corrected chi connectivity index (χ2v) is 4.80. The summed E-state index contributed by atoms with van der Waals surface area (Å²) in [6.45, 7) is 7.38. The minimum absolute atomic E-state index is 0.740. The topological polar surface area (TPSA) is 0 Å². The zero-order valence-electron chi connectivity index (χ0n) is 7.35. The maximum absolute atomic E-state index is 2.49. The van der Waals surface area contributed by atoms with E-state index in [0.29, 0.717) is 0 Å². The molecule has 0 aromatic carbocycles. The van der Waals surface area contributed by atoms with Crippen LogP contribution in [0.4, 0.5) is 0 Å². The monoisotopic (exact) mass is 138 g/mol. The minimum Gasteiger partial charge on any atom is -0.0620 e. The highest BCUT2D eigenvalue weighted by Gasteiger charge is 2.50. The molecule has 4 atom stereocenters. The summed E-state index contributed by atoms with van der Waals surface area (Å²) in [4.78, 5) is 0. The van der Waals surface area contributed by atoms with E-state index in [1.165, 1.54) is 19.3 Å².